The molecule has 6 unspecified atom stereocenters. The maximum Gasteiger partial charge on any atom is 0.269 e. The van der Waals surface area contributed by atoms with Crippen molar-refractivity contribution in [3.63, 3.8) is 0 Å². The minimum absolute atomic E-state index is 0.0626. The van der Waals surface area contributed by atoms with Crippen molar-refractivity contribution in [3.05, 3.63) is 100 Å². The number of phenolic OH excluding ortho intramolecular Hbond substituents is 1. The number of nitro benzene ring substituents is 1. The standard InChI is InChI=1S/C35H31N3O8/c1-3-46-28-17-19(9-16-27(28)39)30-23-14-15-24-29(33(42)36(31(24)40)21-10-12-22(13-11-21)38(44)45)25(23)18-26-32(41)37(34(43)35(26,30)2)20-7-5-4-6-8-20/h4-14,16-17,24-26,29-30,39H,3,15,18H2,1-2H3. The summed E-state index contributed by atoms with van der Waals surface area (Å²) in [6.45, 7) is 3.89. The van der Waals surface area contributed by atoms with Gasteiger partial charge in [0.1, 0.15) is 0 Å². The number of anilines is 2. The highest BCUT2D eigenvalue weighted by Gasteiger charge is 2.67. The van der Waals surface area contributed by atoms with Gasteiger partial charge in [0.05, 0.1) is 46.1 Å². The number of fused-ring (bicyclic) bond motifs is 4. The number of phenols is 1. The molecule has 11 heteroatoms. The second-order valence-corrected chi connectivity index (χ2v) is 12.4. The van der Waals surface area contributed by atoms with Crippen LogP contribution in [-0.2, 0) is 19.2 Å². The van der Waals surface area contributed by atoms with Gasteiger partial charge in [-0.1, -0.05) is 35.9 Å². The zero-order valence-corrected chi connectivity index (χ0v) is 25.2. The fraction of sp³-hybridized carbons (Fsp3) is 0.314. The quantitative estimate of drug-likeness (QED) is 0.172. The number of imide groups is 2. The van der Waals surface area contributed by atoms with Crippen molar-refractivity contribution in [3.8, 4) is 11.5 Å². The smallest absolute Gasteiger partial charge is 0.269 e. The van der Waals surface area contributed by atoms with Gasteiger partial charge in [-0.2, -0.15) is 0 Å². The van der Waals surface area contributed by atoms with E-state index in [1.165, 1.54) is 35.2 Å². The second kappa shape index (κ2) is 10.6. The van der Waals surface area contributed by atoms with E-state index in [0.717, 1.165) is 10.5 Å². The molecule has 4 aliphatic rings. The molecular formula is C35H31N3O8. The van der Waals surface area contributed by atoms with Gasteiger partial charge in [0.15, 0.2) is 11.5 Å². The Labute approximate surface area is 264 Å². The average Bonchev–Trinajstić information content (AvgIpc) is 3.42. The first-order chi connectivity index (χ1) is 22.1. The van der Waals surface area contributed by atoms with Crippen molar-refractivity contribution >= 4 is 40.7 Å². The number of rotatable bonds is 6. The topological polar surface area (TPSA) is 147 Å². The number of amides is 4. The summed E-state index contributed by atoms with van der Waals surface area (Å²) in [4.78, 5) is 69.7. The third kappa shape index (κ3) is 4.10. The largest absolute Gasteiger partial charge is 0.504 e. The molecule has 2 heterocycles. The van der Waals surface area contributed by atoms with Gasteiger partial charge in [-0.15, -0.1) is 0 Å². The summed E-state index contributed by atoms with van der Waals surface area (Å²) in [5.74, 6) is -4.82. The normalized spacial score (nSPS) is 28.5. The monoisotopic (exact) mass is 621 g/mol. The number of non-ortho nitro benzene ring substituents is 1. The molecule has 6 atom stereocenters. The highest BCUT2D eigenvalue weighted by Crippen LogP contribution is 2.64. The van der Waals surface area contributed by atoms with E-state index in [2.05, 4.69) is 0 Å². The molecule has 0 aromatic heterocycles. The predicted octanol–water partition coefficient (Wildman–Crippen LogP) is 5.13. The first-order valence-corrected chi connectivity index (χ1v) is 15.3. The lowest BCUT2D eigenvalue weighted by Gasteiger charge is -2.49. The third-order valence-corrected chi connectivity index (χ3v) is 10.2. The Bertz CT molecular complexity index is 1840. The summed E-state index contributed by atoms with van der Waals surface area (Å²) in [5, 5.41) is 21.7. The van der Waals surface area contributed by atoms with Crippen LogP contribution in [0.3, 0.4) is 0 Å². The van der Waals surface area contributed by atoms with E-state index in [-0.39, 0.29) is 47.5 Å². The number of nitrogens with zero attached hydrogens (tertiary/aromatic N) is 3. The fourth-order valence-electron chi connectivity index (χ4n) is 8.18. The van der Waals surface area contributed by atoms with Crippen LogP contribution in [0.15, 0.2) is 84.4 Å². The number of carbonyl (C=O) groups is 4. The SMILES string of the molecule is CCOc1cc(C2C3=CCC4C(=O)N(c5ccc([N+](=O)[O-])cc5)C(=O)C4C3CC3C(=O)N(c4ccccc4)C(=O)C32C)ccc1O. The molecule has 3 fully saturated rings. The Morgan fingerprint density at radius 1 is 0.913 bits per heavy atom. The van der Waals surface area contributed by atoms with Gasteiger partial charge in [0, 0.05) is 18.1 Å². The molecule has 3 aromatic rings. The molecular weight excluding hydrogens is 590 g/mol. The van der Waals surface area contributed by atoms with E-state index in [0.29, 0.717) is 17.9 Å². The molecule has 46 heavy (non-hydrogen) atoms. The lowest BCUT2D eigenvalue weighted by Crippen LogP contribution is -2.48. The van der Waals surface area contributed by atoms with E-state index in [1.54, 1.807) is 56.3 Å². The van der Waals surface area contributed by atoms with Crippen LogP contribution in [0.1, 0.15) is 38.2 Å². The van der Waals surface area contributed by atoms with Crippen molar-refractivity contribution < 1.29 is 33.9 Å². The second-order valence-electron chi connectivity index (χ2n) is 12.4. The Hall–Kier alpha value is -5.32. The van der Waals surface area contributed by atoms with Crippen molar-refractivity contribution in [2.75, 3.05) is 16.4 Å². The highest BCUT2D eigenvalue weighted by molar-refractivity contribution is 6.25. The van der Waals surface area contributed by atoms with Crippen LogP contribution in [0, 0.1) is 39.2 Å². The van der Waals surface area contributed by atoms with Crippen LogP contribution in [-0.4, -0.2) is 40.3 Å². The minimum atomic E-state index is -1.23. The number of carbonyl (C=O) groups excluding carboxylic acids is 4. The third-order valence-electron chi connectivity index (χ3n) is 10.2. The summed E-state index contributed by atoms with van der Waals surface area (Å²) in [6, 6.07) is 18.9. The molecule has 3 aromatic carbocycles. The molecule has 0 radical (unpaired) electrons. The zero-order chi connectivity index (χ0) is 32.5. The molecule has 2 aliphatic heterocycles. The molecule has 234 valence electrons. The minimum Gasteiger partial charge on any atom is -0.504 e. The number of para-hydroxylation sites is 1. The van der Waals surface area contributed by atoms with E-state index < -0.39 is 51.7 Å². The summed E-state index contributed by atoms with van der Waals surface area (Å²) >= 11 is 0. The number of hydrogen-bond donors (Lipinski definition) is 1. The van der Waals surface area contributed by atoms with Crippen LogP contribution in [0.2, 0.25) is 0 Å². The molecule has 2 saturated heterocycles. The lowest BCUT2D eigenvalue weighted by molar-refractivity contribution is -0.384. The maximum absolute atomic E-state index is 14.5. The number of aromatic hydroxyl groups is 1. The summed E-state index contributed by atoms with van der Waals surface area (Å²) in [5.41, 5.74) is 0.770. The fourth-order valence-corrected chi connectivity index (χ4v) is 8.18. The van der Waals surface area contributed by atoms with E-state index in [9.17, 15) is 34.4 Å². The van der Waals surface area contributed by atoms with Crippen LogP contribution >= 0.6 is 0 Å². The Morgan fingerprint density at radius 3 is 2.28 bits per heavy atom. The Kier molecular flexibility index (Phi) is 6.80. The molecule has 0 bridgehead atoms. The maximum atomic E-state index is 14.5. The van der Waals surface area contributed by atoms with E-state index in [4.69, 9.17) is 4.74 Å². The molecule has 2 aliphatic carbocycles. The predicted molar refractivity (Wildman–Crippen MR) is 166 cm³/mol. The Morgan fingerprint density at radius 2 is 1.61 bits per heavy atom. The number of hydrogen-bond acceptors (Lipinski definition) is 8. The molecule has 11 nitrogen and oxygen atoms in total. The lowest BCUT2D eigenvalue weighted by atomic mass is 9.51. The number of nitro groups is 1. The molecule has 1 N–H and O–H groups in total. The highest BCUT2D eigenvalue weighted by atomic mass is 16.6. The van der Waals surface area contributed by atoms with Crippen LogP contribution in [0.4, 0.5) is 17.1 Å². The number of benzene rings is 3. The summed E-state index contributed by atoms with van der Waals surface area (Å²) in [7, 11) is 0. The van der Waals surface area contributed by atoms with Gasteiger partial charge in [0.2, 0.25) is 23.6 Å². The van der Waals surface area contributed by atoms with Crippen LogP contribution in [0.5, 0.6) is 11.5 Å². The average molecular weight is 622 g/mol. The molecule has 7 rings (SSSR count). The van der Waals surface area contributed by atoms with Crippen molar-refractivity contribution in [1.29, 1.82) is 0 Å². The molecule has 1 saturated carbocycles. The van der Waals surface area contributed by atoms with Gasteiger partial charge >= 0.3 is 0 Å². The van der Waals surface area contributed by atoms with Gasteiger partial charge in [-0.25, -0.2) is 4.90 Å². The first kappa shape index (κ1) is 29.4. The van der Waals surface area contributed by atoms with Gasteiger partial charge < -0.3 is 9.84 Å². The Balaban J connectivity index is 1.35. The molecule has 0 spiro atoms. The van der Waals surface area contributed by atoms with Gasteiger partial charge in [-0.05, 0) is 74.6 Å². The van der Waals surface area contributed by atoms with Crippen LogP contribution in [0.25, 0.3) is 0 Å². The summed E-state index contributed by atoms with van der Waals surface area (Å²) < 4.78 is 5.69. The van der Waals surface area contributed by atoms with Crippen molar-refractivity contribution in [1.82, 2.24) is 0 Å². The first-order valence-electron chi connectivity index (χ1n) is 15.3. The number of allylic oxidation sites excluding steroid dienone is 2. The molecule has 4 amide bonds. The van der Waals surface area contributed by atoms with E-state index >= 15 is 0 Å². The van der Waals surface area contributed by atoms with Crippen molar-refractivity contribution in [2.24, 2.45) is 29.1 Å². The van der Waals surface area contributed by atoms with Gasteiger partial charge in [0.25, 0.3) is 5.69 Å². The van der Waals surface area contributed by atoms with E-state index in [1.807, 2.05) is 6.08 Å². The van der Waals surface area contributed by atoms with Crippen LogP contribution < -0.4 is 14.5 Å². The zero-order valence-electron chi connectivity index (χ0n) is 25.2. The van der Waals surface area contributed by atoms with Gasteiger partial charge in [-0.3, -0.25) is 34.2 Å². The number of ether oxygens (including phenoxy) is 1. The van der Waals surface area contributed by atoms with Crippen molar-refractivity contribution in [2.45, 2.75) is 32.6 Å². The summed E-state index contributed by atoms with van der Waals surface area (Å²) in [6.07, 6.45) is 2.39.